The molecule has 1 unspecified atom stereocenters. The fraction of sp³-hybridized carbons (Fsp3) is 0.364. The summed E-state index contributed by atoms with van der Waals surface area (Å²) in [6.45, 7) is 0.929. The third kappa shape index (κ3) is 2.15. The monoisotopic (exact) mass is 289 g/mol. The van der Waals surface area contributed by atoms with Crippen LogP contribution in [0.3, 0.4) is 0 Å². The molecule has 0 amide bonds. The molecular formula is C11H10F3N3O3. The van der Waals surface area contributed by atoms with Gasteiger partial charge in [0.25, 0.3) is 0 Å². The van der Waals surface area contributed by atoms with E-state index in [1.807, 2.05) is 0 Å². The third-order valence-electron chi connectivity index (χ3n) is 2.89. The molecule has 0 spiro atoms. The number of aromatic nitrogens is 3. The second kappa shape index (κ2) is 4.66. The van der Waals surface area contributed by atoms with Crippen molar-refractivity contribution in [2.75, 3.05) is 7.11 Å². The van der Waals surface area contributed by atoms with Gasteiger partial charge in [0.15, 0.2) is 5.75 Å². The van der Waals surface area contributed by atoms with E-state index in [1.54, 1.807) is 0 Å². The molecule has 1 atom stereocenters. The largest absolute Gasteiger partial charge is 0.493 e. The number of halogens is 3. The summed E-state index contributed by atoms with van der Waals surface area (Å²) in [7, 11) is 1.15. The van der Waals surface area contributed by atoms with Crippen molar-refractivity contribution in [2.45, 2.75) is 19.0 Å². The molecule has 0 radical (unpaired) electrons. The van der Waals surface area contributed by atoms with Crippen LogP contribution >= 0.6 is 0 Å². The average molecular weight is 289 g/mol. The van der Waals surface area contributed by atoms with Gasteiger partial charge in [0, 0.05) is 0 Å². The lowest BCUT2D eigenvalue weighted by molar-refractivity contribution is -0.147. The Morgan fingerprint density at radius 1 is 1.50 bits per heavy atom. The van der Waals surface area contributed by atoms with Crippen LogP contribution in [0.25, 0.3) is 5.52 Å². The Hall–Kier alpha value is -2.32. The summed E-state index contributed by atoms with van der Waals surface area (Å²) in [6, 6.07) is 0. The minimum atomic E-state index is -4.51. The van der Waals surface area contributed by atoms with Crippen LogP contribution in [0.1, 0.15) is 28.9 Å². The van der Waals surface area contributed by atoms with E-state index in [9.17, 15) is 18.0 Å². The first kappa shape index (κ1) is 14.1. The number of hydrogen-bond acceptors (Lipinski definition) is 4. The summed E-state index contributed by atoms with van der Waals surface area (Å²) < 4.78 is 44.4. The average Bonchev–Trinajstić information content (AvgIpc) is 2.79. The molecule has 2 rings (SSSR count). The standard InChI is InChI=1S/C11H10F3N3O3/c1-5(11(12,13)14)7-9(20-2)8-6(10(18)19)3-16-17(8)4-15-7/h3-5H,1-2H3,(H,18,19). The highest BCUT2D eigenvalue weighted by Gasteiger charge is 2.40. The Labute approximate surface area is 110 Å². The van der Waals surface area contributed by atoms with Gasteiger partial charge >= 0.3 is 12.1 Å². The van der Waals surface area contributed by atoms with E-state index in [-0.39, 0.29) is 22.5 Å². The van der Waals surface area contributed by atoms with Crippen molar-refractivity contribution in [3.63, 3.8) is 0 Å². The van der Waals surface area contributed by atoms with E-state index in [1.165, 1.54) is 0 Å². The normalized spacial score (nSPS) is 13.4. The third-order valence-corrected chi connectivity index (χ3v) is 2.89. The summed E-state index contributed by atoms with van der Waals surface area (Å²) in [5, 5.41) is 12.8. The smallest absolute Gasteiger partial charge is 0.397 e. The summed E-state index contributed by atoms with van der Waals surface area (Å²) in [5.74, 6) is -3.44. The van der Waals surface area contributed by atoms with E-state index in [4.69, 9.17) is 9.84 Å². The topological polar surface area (TPSA) is 76.7 Å². The Morgan fingerprint density at radius 2 is 2.15 bits per heavy atom. The van der Waals surface area contributed by atoms with Crippen LogP contribution in [-0.4, -0.2) is 39.0 Å². The first-order valence-electron chi connectivity index (χ1n) is 5.47. The van der Waals surface area contributed by atoms with Crippen LogP contribution in [0.5, 0.6) is 5.75 Å². The van der Waals surface area contributed by atoms with Crippen LogP contribution in [0.15, 0.2) is 12.5 Å². The molecular weight excluding hydrogens is 279 g/mol. The number of ether oxygens (including phenoxy) is 1. The van der Waals surface area contributed by atoms with Crippen molar-refractivity contribution in [1.82, 2.24) is 14.6 Å². The molecule has 2 aromatic rings. The van der Waals surface area contributed by atoms with Crippen molar-refractivity contribution in [1.29, 1.82) is 0 Å². The van der Waals surface area contributed by atoms with Gasteiger partial charge in [-0.3, -0.25) is 0 Å². The van der Waals surface area contributed by atoms with Gasteiger partial charge in [0.05, 0.1) is 24.9 Å². The molecule has 0 aromatic carbocycles. The molecule has 0 aliphatic carbocycles. The van der Waals surface area contributed by atoms with Crippen LogP contribution < -0.4 is 4.74 Å². The highest BCUT2D eigenvalue weighted by atomic mass is 19.4. The van der Waals surface area contributed by atoms with E-state index in [2.05, 4.69) is 10.1 Å². The maximum absolute atomic E-state index is 12.8. The minimum absolute atomic E-state index is 0.0545. The highest BCUT2D eigenvalue weighted by Crippen LogP contribution is 2.39. The van der Waals surface area contributed by atoms with Gasteiger partial charge in [0.1, 0.15) is 17.4 Å². The number of alkyl halides is 3. The Kier molecular flexibility index (Phi) is 3.28. The summed E-state index contributed by atoms with van der Waals surface area (Å²) in [5.41, 5.74) is -0.684. The summed E-state index contributed by atoms with van der Waals surface area (Å²) in [6.07, 6.45) is -2.45. The molecule has 2 aromatic heterocycles. The lowest BCUT2D eigenvalue weighted by atomic mass is 10.1. The second-order valence-corrected chi connectivity index (χ2v) is 4.08. The molecule has 6 nitrogen and oxygen atoms in total. The number of hydrogen-bond donors (Lipinski definition) is 1. The van der Waals surface area contributed by atoms with Crippen LogP contribution in [0.2, 0.25) is 0 Å². The number of fused-ring (bicyclic) bond motifs is 1. The molecule has 108 valence electrons. The number of carboxylic acid groups (broad SMARTS) is 1. The first-order valence-corrected chi connectivity index (χ1v) is 5.47. The quantitative estimate of drug-likeness (QED) is 0.936. The number of nitrogens with zero attached hydrogens (tertiary/aromatic N) is 3. The van der Waals surface area contributed by atoms with Gasteiger partial charge in [-0.2, -0.15) is 18.3 Å². The number of carboxylic acids is 1. The Bertz CT molecular complexity index is 666. The van der Waals surface area contributed by atoms with Gasteiger partial charge in [-0.05, 0) is 6.92 Å². The predicted octanol–water partition coefficient (Wildman–Crippen LogP) is 2.10. The second-order valence-electron chi connectivity index (χ2n) is 4.08. The van der Waals surface area contributed by atoms with Crippen LogP contribution in [-0.2, 0) is 0 Å². The lowest BCUT2D eigenvalue weighted by Gasteiger charge is -2.18. The number of methoxy groups -OCH3 is 1. The molecule has 0 aliphatic rings. The minimum Gasteiger partial charge on any atom is -0.493 e. The maximum atomic E-state index is 12.8. The number of aromatic carboxylic acids is 1. The van der Waals surface area contributed by atoms with E-state index in [0.717, 1.165) is 31.1 Å². The molecule has 9 heteroatoms. The SMILES string of the molecule is COc1c(C(C)C(F)(F)F)ncn2ncc(C(=O)O)c12. The van der Waals surface area contributed by atoms with Crippen molar-refractivity contribution in [2.24, 2.45) is 0 Å². The van der Waals surface area contributed by atoms with Crippen LogP contribution in [0.4, 0.5) is 13.2 Å². The van der Waals surface area contributed by atoms with Crippen molar-refractivity contribution in [3.8, 4) is 5.75 Å². The van der Waals surface area contributed by atoms with Crippen molar-refractivity contribution in [3.05, 3.63) is 23.8 Å². The Morgan fingerprint density at radius 3 is 2.65 bits per heavy atom. The zero-order valence-corrected chi connectivity index (χ0v) is 10.5. The van der Waals surface area contributed by atoms with Crippen molar-refractivity contribution < 1.29 is 27.8 Å². The van der Waals surface area contributed by atoms with Gasteiger partial charge in [0.2, 0.25) is 0 Å². The van der Waals surface area contributed by atoms with Gasteiger partial charge < -0.3 is 9.84 Å². The van der Waals surface area contributed by atoms with Crippen LogP contribution in [0, 0.1) is 0 Å². The highest BCUT2D eigenvalue weighted by molar-refractivity contribution is 5.97. The molecule has 20 heavy (non-hydrogen) atoms. The van der Waals surface area contributed by atoms with E-state index in [0.29, 0.717) is 0 Å². The van der Waals surface area contributed by atoms with Crippen molar-refractivity contribution >= 4 is 11.5 Å². The molecule has 0 bridgehead atoms. The molecule has 0 saturated heterocycles. The fourth-order valence-electron chi connectivity index (χ4n) is 1.79. The van der Waals surface area contributed by atoms with E-state index < -0.39 is 18.1 Å². The van der Waals surface area contributed by atoms with Gasteiger partial charge in [-0.1, -0.05) is 0 Å². The summed E-state index contributed by atoms with van der Waals surface area (Å²) in [4.78, 5) is 14.7. The zero-order chi connectivity index (χ0) is 15.1. The lowest BCUT2D eigenvalue weighted by Crippen LogP contribution is -2.20. The molecule has 0 aliphatic heterocycles. The molecule has 0 saturated carbocycles. The Balaban J connectivity index is 2.75. The maximum Gasteiger partial charge on any atom is 0.397 e. The predicted molar refractivity (Wildman–Crippen MR) is 61.0 cm³/mol. The van der Waals surface area contributed by atoms with Gasteiger partial charge in [-0.15, -0.1) is 0 Å². The number of carbonyl (C=O) groups is 1. The summed E-state index contributed by atoms with van der Waals surface area (Å²) >= 11 is 0. The van der Waals surface area contributed by atoms with E-state index >= 15 is 0 Å². The zero-order valence-electron chi connectivity index (χ0n) is 10.5. The fourth-order valence-corrected chi connectivity index (χ4v) is 1.79. The number of rotatable bonds is 3. The molecule has 1 N–H and O–H groups in total. The van der Waals surface area contributed by atoms with Gasteiger partial charge in [-0.25, -0.2) is 14.3 Å². The molecule has 2 heterocycles. The molecule has 0 fully saturated rings. The first-order chi connectivity index (χ1) is 9.27.